The molecule has 1 heterocycles. The van der Waals surface area contributed by atoms with Gasteiger partial charge in [0.2, 0.25) is 5.91 Å². The maximum Gasteiger partial charge on any atom is 0.223 e. The van der Waals surface area contributed by atoms with E-state index >= 15 is 0 Å². The standard InChI is InChI=1S/C17H26N2O2/c1-15-8-11-19(14-15)17(20)9-10-18(2)12-13-21-16-6-4-3-5-7-16/h3-7,15H,8-14H2,1-2H3/t15-/m1/s1. The number of carbonyl (C=O) groups is 1. The molecule has 0 aromatic heterocycles. The number of amides is 1. The molecule has 0 radical (unpaired) electrons. The van der Waals surface area contributed by atoms with Crippen LogP contribution in [0.4, 0.5) is 0 Å². The number of carbonyl (C=O) groups excluding carboxylic acids is 1. The Bertz CT molecular complexity index is 436. The van der Waals surface area contributed by atoms with Crippen molar-refractivity contribution in [1.29, 1.82) is 0 Å². The Balaban J connectivity index is 1.59. The van der Waals surface area contributed by atoms with E-state index in [1.165, 1.54) is 0 Å². The monoisotopic (exact) mass is 290 g/mol. The second-order valence-corrected chi connectivity index (χ2v) is 5.95. The lowest BCUT2D eigenvalue weighted by atomic mass is 10.2. The van der Waals surface area contributed by atoms with Crippen LogP contribution in [0, 0.1) is 5.92 Å². The topological polar surface area (TPSA) is 32.8 Å². The van der Waals surface area contributed by atoms with Crippen LogP contribution < -0.4 is 4.74 Å². The van der Waals surface area contributed by atoms with Crippen molar-refractivity contribution in [3.8, 4) is 5.75 Å². The molecule has 1 aliphatic rings. The van der Waals surface area contributed by atoms with Gasteiger partial charge in [-0.05, 0) is 31.5 Å². The van der Waals surface area contributed by atoms with E-state index in [1.54, 1.807) is 0 Å². The largest absolute Gasteiger partial charge is 0.492 e. The average molecular weight is 290 g/mol. The number of rotatable bonds is 7. The highest BCUT2D eigenvalue weighted by Gasteiger charge is 2.22. The Kier molecular flexibility index (Phi) is 6.05. The van der Waals surface area contributed by atoms with Crippen molar-refractivity contribution < 1.29 is 9.53 Å². The van der Waals surface area contributed by atoms with Gasteiger partial charge in [0.05, 0.1) is 0 Å². The van der Waals surface area contributed by atoms with Crippen molar-refractivity contribution >= 4 is 5.91 Å². The van der Waals surface area contributed by atoms with Crippen molar-refractivity contribution in [2.75, 3.05) is 39.8 Å². The zero-order chi connectivity index (χ0) is 15.1. The highest BCUT2D eigenvalue weighted by molar-refractivity contribution is 5.76. The van der Waals surface area contributed by atoms with E-state index in [-0.39, 0.29) is 5.91 Å². The first-order valence-corrected chi connectivity index (χ1v) is 7.79. The van der Waals surface area contributed by atoms with Gasteiger partial charge in [-0.1, -0.05) is 25.1 Å². The molecule has 0 spiro atoms. The number of nitrogens with zero attached hydrogens (tertiary/aromatic N) is 2. The summed E-state index contributed by atoms with van der Waals surface area (Å²) in [7, 11) is 2.04. The van der Waals surface area contributed by atoms with Crippen LogP contribution in [0.1, 0.15) is 19.8 Å². The number of likely N-dealkylation sites (N-methyl/N-ethyl adjacent to an activating group) is 1. The van der Waals surface area contributed by atoms with Crippen molar-refractivity contribution in [3.05, 3.63) is 30.3 Å². The third kappa shape index (κ3) is 5.38. The number of likely N-dealkylation sites (tertiary alicyclic amines) is 1. The van der Waals surface area contributed by atoms with Crippen molar-refractivity contribution in [3.63, 3.8) is 0 Å². The van der Waals surface area contributed by atoms with Gasteiger partial charge in [-0.15, -0.1) is 0 Å². The van der Waals surface area contributed by atoms with E-state index < -0.39 is 0 Å². The second-order valence-electron chi connectivity index (χ2n) is 5.95. The normalized spacial score (nSPS) is 18.2. The minimum absolute atomic E-state index is 0.287. The zero-order valence-electron chi connectivity index (χ0n) is 13.1. The van der Waals surface area contributed by atoms with E-state index in [9.17, 15) is 4.79 Å². The van der Waals surface area contributed by atoms with Crippen molar-refractivity contribution in [2.45, 2.75) is 19.8 Å². The number of para-hydroxylation sites is 1. The number of ether oxygens (including phenoxy) is 1. The molecule has 1 aromatic carbocycles. The molecule has 1 fully saturated rings. The summed E-state index contributed by atoms with van der Waals surface area (Å²) in [6.07, 6.45) is 1.75. The van der Waals surface area contributed by atoms with Gasteiger partial charge in [-0.25, -0.2) is 0 Å². The molecule has 1 aliphatic heterocycles. The predicted molar refractivity (Wildman–Crippen MR) is 84.4 cm³/mol. The van der Waals surface area contributed by atoms with E-state index in [0.717, 1.165) is 38.3 Å². The number of benzene rings is 1. The molecule has 0 N–H and O–H groups in total. The zero-order valence-corrected chi connectivity index (χ0v) is 13.1. The van der Waals surface area contributed by atoms with Crippen LogP contribution in [0.5, 0.6) is 5.75 Å². The second kappa shape index (κ2) is 8.03. The summed E-state index contributed by atoms with van der Waals surface area (Å²) in [5.74, 6) is 1.84. The molecule has 1 aromatic rings. The molecule has 2 rings (SSSR count). The summed E-state index contributed by atoms with van der Waals surface area (Å²) >= 11 is 0. The van der Waals surface area contributed by atoms with Gasteiger partial charge in [0.25, 0.3) is 0 Å². The molecule has 0 bridgehead atoms. The maximum absolute atomic E-state index is 12.1. The van der Waals surface area contributed by atoms with Crippen molar-refractivity contribution in [2.24, 2.45) is 5.92 Å². The van der Waals surface area contributed by atoms with Gasteiger partial charge in [-0.2, -0.15) is 0 Å². The van der Waals surface area contributed by atoms with Gasteiger partial charge < -0.3 is 14.5 Å². The predicted octanol–water partition coefficient (Wildman–Crippen LogP) is 2.26. The summed E-state index contributed by atoms with van der Waals surface area (Å²) in [6, 6.07) is 9.82. The summed E-state index contributed by atoms with van der Waals surface area (Å²) in [6.45, 7) is 6.34. The minimum Gasteiger partial charge on any atom is -0.492 e. The SMILES string of the molecule is C[C@@H]1CCN(C(=O)CCN(C)CCOc2ccccc2)C1. The fourth-order valence-corrected chi connectivity index (χ4v) is 2.55. The molecule has 0 aliphatic carbocycles. The van der Waals surface area contributed by atoms with Crippen LogP contribution in [0.3, 0.4) is 0 Å². The fraction of sp³-hybridized carbons (Fsp3) is 0.588. The molecule has 0 saturated carbocycles. The lowest BCUT2D eigenvalue weighted by Gasteiger charge is -2.20. The van der Waals surface area contributed by atoms with E-state index in [0.29, 0.717) is 18.9 Å². The molecule has 116 valence electrons. The third-order valence-electron chi connectivity index (χ3n) is 3.97. The first kappa shape index (κ1) is 15.8. The van der Waals surface area contributed by atoms with E-state index in [1.807, 2.05) is 42.3 Å². The first-order chi connectivity index (χ1) is 10.1. The van der Waals surface area contributed by atoms with Crippen molar-refractivity contribution in [1.82, 2.24) is 9.80 Å². The molecule has 4 heteroatoms. The first-order valence-electron chi connectivity index (χ1n) is 7.79. The third-order valence-corrected chi connectivity index (χ3v) is 3.97. The Labute approximate surface area is 127 Å². The van der Waals surface area contributed by atoms with Gasteiger partial charge >= 0.3 is 0 Å². The van der Waals surface area contributed by atoms with Crippen LogP contribution in [0.15, 0.2) is 30.3 Å². The smallest absolute Gasteiger partial charge is 0.223 e. The van der Waals surface area contributed by atoms with Gasteiger partial charge in [-0.3, -0.25) is 4.79 Å². The van der Waals surface area contributed by atoms with Gasteiger partial charge in [0.15, 0.2) is 0 Å². The molecular weight excluding hydrogens is 264 g/mol. The summed E-state index contributed by atoms with van der Waals surface area (Å²) in [5, 5.41) is 0. The minimum atomic E-state index is 0.287. The highest BCUT2D eigenvalue weighted by Crippen LogP contribution is 2.15. The molecule has 1 atom stereocenters. The van der Waals surface area contributed by atoms with E-state index in [2.05, 4.69) is 11.8 Å². The lowest BCUT2D eigenvalue weighted by Crippen LogP contribution is -2.33. The van der Waals surface area contributed by atoms with Crippen LogP contribution in [0.2, 0.25) is 0 Å². The summed E-state index contributed by atoms with van der Waals surface area (Å²) < 4.78 is 5.66. The van der Waals surface area contributed by atoms with Crippen LogP contribution in [0.25, 0.3) is 0 Å². The Morgan fingerprint density at radius 1 is 1.33 bits per heavy atom. The highest BCUT2D eigenvalue weighted by atomic mass is 16.5. The molecular formula is C17H26N2O2. The molecule has 0 unspecified atom stereocenters. The maximum atomic E-state index is 12.1. The van der Waals surface area contributed by atoms with Gasteiger partial charge in [0.1, 0.15) is 12.4 Å². The lowest BCUT2D eigenvalue weighted by molar-refractivity contribution is -0.130. The fourth-order valence-electron chi connectivity index (χ4n) is 2.55. The Hall–Kier alpha value is -1.55. The number of hydrogen-bond acceptors (Lipinski definition) is 3. The summed E-state index contributed by atoms with van der Waals surface area (Å²) in [5.41, 5.74) is 0. The Morgan fingerprint density at radius 2 is 2.10 bits per heavy atom. The summed E-state index contributed by atoms with van der Waals surface area (Å²) in [4.78, 5) is 16.2. The molecule has 1 amide bonds. The number of hydrogen-bond donors (Lipinski definition) is 0. The van der Waals surface area contributed by atoms with Crippen LogP contribution in [-0.2, 0) is 4.79 Å². The molecule has 1 saturated heterocycles. The van der Waals surface area contributed by atoms with Crippen LogP contribution >= 0.6 is 0 Å². The van der Waals surface area contributed by atoms with Gasteiger partial charge in [0, 0.05) is 32.6 Å². The Morgan fingerprint density at radius 3 is 2.76 bits per heavy atom. The quantitative estimate of drug-likeness (QED) is 0.772. The molecule has 4 nitrogen and oxygen atoms in total. The molecule has 21 heavy (non-hydrogen) atoms. The van der Waals surface area contributed by atoms with E-state index in [4.69, 9.17) is 4.74 Å². The average Bonchev–Trinajstić information content (AvgIpc) is 2.92. The van der Waals surface area contributed by atoms with Crippen LogP contribution in [-0.4, -0.2) is 55.5 Å².